The van der Waals surface area contributed by atoms with Crippen molar-refractivity contribution in [2.75, 3.05) is 0 Å². The Hall–Kier alpha value is -2.38. The van der Waals surface area contributed by atoms with Crippen molar-refractivity contribution in [3.8, 4) is 0 Å². The highest BCUT2D eigenvalue weighted by Crippen LogP contribution is 2.33. The molecule has 130 valence electrons. The number of hydrogen-bond donors (Lipinski definition) is 2. The van der Waals surface area contributed by atoms with Gasteiger partial charge in [0.2, 0.25) is 5.91 Å². The summed E-state index contributed by atoms with van der Waals surface area (Å²) < 4.78 is 3.36. The summed E-state index contributed by atoms with van der Waals surface area (Å²) in [6, 6.07) is 19.8. The smallest absolute Gasteiger partial charge is 0.249 e. The molecule has 0 saturated carbocycles. The minimum absolute atomic E-state index is 0.0244. The quantitative estimate of drug-likeness (QED) is 0.456. The highest BCUT2D eigenvalue weighted by Gasteiger charge is 2.16. The number of amides is 1. The first-order valence-electron chi connectivity index (χ1n) is 8.27. The molecule has 0 bridgehead atoms. The topological polar surface area (TPSA) is 68.2 Å². The van der Waals surface area contributed by atoms with Gasteiger partial charge in [-0.25, -0.2) is 0 Å². The molecule has 4 aromatic rings. The Kier molecular flexibility index (Phi) is 4.42. The average Bonchev–Trinajstić information content (AvgIpc) is 2.95. The summed E-state index contributed by atoms with van der Waals surface area (Å²) in [6.07, 6.45) is 0. The number of benzene rings is 3. The second-order valence-electron chi connectivity index (χ2n) is 6.29. The maximum absolute atomic E-state index is 12.0. The Morgan fingerprint density at radius 1 is 1.00 bits per heavy atom. The molecule has 5 heteroatoms. The first-order chi connectivity index (χ1) is 12.6. The second-order valence-corrected chi connectivity index (χ2v) is 7.54. The van der Waals surface area contributed by atoms with Crippen molar-refractivity contribution in [3.05, 3.63) is 80.9 Å². The second kappa shape index (κ2) is 6.74. The first kappa shape index (κ1) is 17.1. The average molecular weight is 456 g/mol. The van der Waals surface area contributed by atoms with Crippen molar-refractivity contribution in [3.63, 3.8) is 0 Å². The standard InChI is InChI=1S/C21H17IN2O2/c22-15-4-1-3-13(9-15)11-24-18-6-2-5-17(21(23)26)20(18)16-8-7-14(12-25)10-19(16)24/h1-10,25H,11-12H2,(H2,23,26). The van der Waals surface area contributed by atoms with E-state index in [4.69, 9.17) is 5.73 Å². The molecule has 0 fully saturated rings. The Morgan fingerprint density at radius 3 is 2.54 bits per heavy atom. The molecular formula is C21H17IN2O2. The van der Waals surface area contributed by atoms with E-state index in [0.29, 0.717) is 12.1 Å². The number of rotatable bonds is 4. The summed E-state index contributed by atoms with van der Waals surface area (Å²) in [5.74, 6) is -0.435. The van der Waals surface area contributed by atoms with Gasteiger partial charge in [0.25, 0.3) is 0 Å². The Labute approximate surface area is 164 Å². The van der Waals surface area contributed by atoms with Crippen LogP contribution < -0.4 is 5.73 Å². The van der Waals surface area contributed by atoms with Crippen LogP contribution in [0.1, 0.15) is 21.5 Å². The molecule has 3 N–H and O–H groups in total. The molecule has 0 atom stereocenters. The number of primary amides is 1. The molecule has 4 rings (SSSR count). The van der Waals surface area contributed by atoms with E-state index in [9.17, 15) is 9.90 Å². The molecule has 0 saturated heterocycles. The molecule has 0 radical (unpaired) electrons. The van der Waals surface area contributed by atoms with Crippen LogP contribution in [-0.2, 0) is 13.2 Å². The summed E-state index contributed by atoms with van der Waals surface area (Å²) >= 11 is 2.30. The molecule has 0 aliphatic rings. The lowest BCUT2D eigenvalue weighted by molar-refractivity contribution is 0.100. The molecule has 0 unspecified atom stereocenters. The fourth-order valence-corrected chi connectivity index (χ4v) is 4.09. The van der Waals surface area contributed by atoms with Gasteiger partial charge in [0.15, 0.2) is 0 Å². The molecule has 0 aliphatic heterocycles. The third-order valence-electron chi connectivity index (χ3n) is 4.63. The third-order valence-corrected chi connectivity index (χ3v) is 5.30. The minimum Gasteiger partial charge on any atom is -0.392 e. The summed E-state index contributed by atoms with van der Waals surface area (Å²) in [5, 5.41) is 11.4. The number of aliphatic hydroxyl groups excluding tert-OH is 1. The number of halogens is 1. The van der Waals surface area contributed by atoms with Gasteiger partial charge in [0.1, 0.15) is 0 Å². The summed E-state index contributed by atoms with van der Waals surface area (Å²) in [6.45, 7) is 0.650. The van der Waals surface area contributed by atoms with E-state index in [2.05, 4.69) is 45.4 Å². The van der Waals surface area contributed by atoms with Crippen LogP contribution in [0.4, 0.5) is 0 Å². The summed E-state index contributed by atoms with van der Waals surface area (Å²) in [7, 11) is 0. The zero-order chi connectivity index (χ0) is 18.3. The summed E-state index contributed by atoms with van der Waals surface area (Å²) in [4.78, 5) is 12.0. The van der Waals surface area contributed by atoms with E-state index in [0.717, 1.165) is 27.4 Å². The van der Waals surface area contributed by atoms with Crippen LogP contribution in [0.2, 0.25) is 0 Å². The lowest BCUT2D eigenvalue weighted by Gasteiger charge is -2.09. The van der Waals surface area contributed by atoms with E-state index in [1.165, 1.54) is 9.13 Å². The number of hydrogen-bond acceptors (Lipinski definition) is 2. The minimum atomic E-state index is -0.435. The Morgan fingerprint density at radius 2 is 1.81 bits per heavy atom. The van der Waals surface area contributed by atoms with Gasteiger partial charge in [-0.3, -0.25) is 4.79 Å². The van der Waals surface area contributed by atoms with Crippen LogP contribution in [0.5, 0.6) is 0 Å². The lowest BCUT2D eigenvalue weighted by atomic mass is 10.0. The highest BCUT2D eigenvalue weighted by atomic mass is 127. The molecule has 1 aromatic heterocycles. The number of aliphatic hydroxyl groups is 1. The van der Waals surface area contributed by atoms with Gasteiger partial charge in [-0.2, -0.15) is 0 Å². The number of carbonyl (C=O) groups is 1. The predicted octanol–water partition coefficient (Wildman–Crippen LogP) is 4.04. The van der Waals surface area contributed by atoms with Gasteiger partial charge in [0.05, 0.1) is 12.1 Å². The van der Waals surface area contributed by atoms with Crippen molar-refractivity contribution in [1.82, 2.24) is 4.57 Å². The highest BCUT2D eigenvalue weighted by molar-refractivity contribution is 14.1. The predicted molar refractivity (Wildman–Crippen MR) is 112 cm³/mol. The van der Waals surface area contributed by atoms with Gasteiger partial charge in [-0.15, -0.1) is 0 Å². The van der Waals surface area contributed by atoms with E-state index in [1.54, 1.807) is 6.07 Å². The molecule has 1 amide bonds. The van der Waals surface area contributed by atoms with Crippen LogP contribution in [0.25, 0.3) is 21.8 Å². The molecule has 1 heterocycles. The zero-order valence-electron chi connectivity index (χ0n) is 13.9. The number of nitrogens with zero attached hydrogens (tertiary/aromatic N) is 1. The first-order valence-corrected chi connectivity index (χ1v) is 9.35. The van der Waals surface area contributed by atoms with Crippen LogP contribution in [0.15, 0.2) is 60.7 Å². The van der Waals surface area contributed by atoms with E-state index < -0.39 is 5.91 Å². The van der Waals surface area contributed by atoms with Crippen molar-refractivity contribution in [2.45, 2.75) is 13.2 Å². The van der Waals surface area contributed by atoms with Gasteiger partial charge >= 0.3 is 0 Å². The van der Waals surface area contributed by atoms with E-state index >= 15 is 0 Å². The summed E-state index contributed by atoms with van der Waals surface area (Å²) in [5.41, 5.74) is 10.1. The Balaban J connectivity index is 2.05. The Bertz CT molecular complexity index is 1150. The van der Waals surface area contributed by atoms with E-state index in [-0.39, 0.29) is 6.61 Å². The molecule has 0 aliphatic carbocycles. The molecule has 3 aromatic carbocycles. The molecule has 26 heavy (non-hydrogen) atoms. The number of aromatic nitrogens is 1. The van der Waals surface area contributed by atoms with Crippen molar-refractivity contribution in [1.29, 1.82) is 0 Å². The van der Waals surface area contributed by atoms with Gasteiger partial charge < -0.3 is 15.4 Å². The fraction of sp³-hybridized carbons (Fsp3) is 0.0952. The van der Waals surface area contributed by atoms with Gasteiger partial charge in [0, 0.05) is 32.0 Å². The number of carbonyl (C=O) groups excluding carboxylic acids is 1. The van der Waals surface area contributed by atoms with Crippen molar-refractivity contribution in [2.24, 2.45) is 5.73 Å². The van der Waals surface area contributed by atoms with Crippen LogP contribution in [-0.4, -0.2) is 15.6 Å². The molecular weight excluding hydrogens is 439 g/mol. The SMILES string of the molecule is NC(=O)c1cccc2c1c1ccc(CO)cc1n2Cc1cccc(I)c1. The van der Waals surface area contributed by atoms with Gasteiger partial charge in [-0.05, 0) is 64.0 Å². The number of fused-ring (bicyclic) bond motifs is 3. The maximum Gasteiger partial charge on any atom is 0.249 e. The lowest BCUT2D eigenvalue weighted by Crippen LogP contribution is -2.11. The zero-order valence-corrected chi connectivity index (χ0v) is 16.1. The van der Waals surface area contributed by atoms with Gasteiger partial charge in [-0.1, -0.05) is 30.3 Å². The normalized spacial score (nSPS) is 11.3. The molecule has 0 spiro atoms. The monoisotopic (exact) mass is 456 g/mol. The van der Waals surface area contributed by atoms with Crippen LogP contribution in [0.3, 0.4) is 0 Å². The molecule has 4 nitrogen and oxygen atoms in total. The van der Waals surface area contributed by atoms with Crippen molar-refractivity contribution >= 4 is 50.3 Å². The maximum atomic E-state index is 12.0. The third kappa shape index (κ3) is 2.87. The van der Waals surface area contributed by atoms with Crippen molar-refractivity contribution < 1.29 is 9.90 Å². The largest absolute Gasteiger partial charge is 0.392 e. The van der Waals surface area contributed by atoms with Crippen LogP contribution >= 0.6 is 22.6 Å². The van der Waals surface area contributed by atoms with Crippen LogP contribution in [0, 0.1) is 3.57 Å². The number of nitrogens with two attached hydrogens (primary N) is 1. The fourth-order valence-electron chi connectivity index (χ4n) is 3.48. The van der Waals surface area contributed by atoms with E-state index in [1.807, 2.05) is 36.4 Å².